The summed E-state index contributed by atoms with van der Waals surface area (Å²) >= 11 is 0. The van der Waals surface area contributed by atoms with E-state index in [2.05, 4.69) is 26.7 Å². The van der Waals surface area contributed by atoms with Crippen LogP contribution < -0.4 is 4.74 Å². The Morgan fingerprint density at radius 2 is 1.96 bits per heavy atom. The first-order valence-corrected chi connectivity index (χ1v) is 9.07. The van der Waals surface area contributed by atoms with Crippen LogP contribution in [-0.4, -0.2) is 31.7 Å². The third-order valence-electron chi connectivity index (χ3n) is 4.92. The smallest absolute Gasteiger partial charge is 0.168 e. The fourth-order valence-electron chi connectivity index (χ4n) is 3.21. The Morgan fingerprint density at radius 1 is 1.28 bits per heavy atom. The lowest BCUT2D eigenvalue weighted by Gasteiger charge is -2.30. The molecule has 1 fully saturated rings. The van der Waals surface area contributed by atoms with E-state index in [1.165, 1.54) is 0 Å². The van der Waals surface area contributed by atoms with Gasteiger partial charge in [0.1, 0.15) is 11.9 Å². The number of ether oxygens (including phenoxy) is 4. The molecule has 1 aliphatic rings. The number of hydrogen-bond acceptors (Lipinski definition) is 4. The van der Waals surface area contributed by atoms with Gasteiger partial charge in [0.2, 0.25) is 0 Å². The molecule has 4 nitrogen and oxygen atoms in total. The summed E-state index contributed by atoms with van der Waals surface area (Å²) in [6, 6.07) is 7.89. The van der Waals surface area contributed by atoms with Crippen molar-refractivity contribution in [2.45, 2.75) is 64.6 Å². The molecule has 138 valence electrons. The molecule has 0 aliphatic carbocycles. The van der Waals surface area contributed by atoms with Crippen molar-refractivity contribution in [3.63, 3.8) is 0 Å². The van der Waals surface area contributed by atoms with Crippen molar-refractivity contribution in [2.75, 3.05) is 13.7 Å². The molecule has 1 heterocycles. The van der Waals surface area contributed by atoms with Gasteiger partial charge in [0.15, 0.2) is 5.79 Å². The fraction of sp³-hybridized carbons (Fsp3) is 0.619. The number of rotatable bonds is 9. The molecule has 0 bridgehead atoms. The number of benzene rings is 1. The largest absolute Gasteiger partial charge is 0.497 e. The SMILES string of the molecule is C#CC[C@@H](C)[C@@H](OCc1ccc(OC)cc1)[C@@H]1COC(CC)(CC)O1. The Labute approximate surface area is 151 Å². The van der Waals surface area contributed by atoms with Crippen LogP contribution in [0.15, 0.2) is 24.3 Å². The standard InChI is InChI=1S/C21H30O4/c1-6-9-16(4)20(19-15-24-21(7-2,8-3)25-19)23-14-17-10-12-18(22-5)13-11-17/h1,10-13,16,19-20H,7-9,14-15H2,2-5H3/t16-,19+,20-/m1/s1. The zero-order valence-corrected chi connectivity index (χ0v) is 15.8. The predicted octanol–water partition coefficient (Wildman–Crippen LogP) is 4.17. The summed E-state index contributed by atoms with van der Waals surface area (Å²) in [5.74, 6) is 3.29. The van der Waals surface area contributed by atoms with E-state index in [4.69, 9.17) is 25.4 Å². The Bertz CT molecular complexity index is 556. The molecule has 0 radical (unpaired) electrons. The molecule has 0 aromatic heterocycles. The second-order valence-corrected chi connectivity index (χ2v) is 6.59. The summed E-state index contributed by atoms with van der Waals surface area (Å²) < 4.78 is 23.7. The lowest BCUT2D eigenvalue weighted by molar-refractivity contribution is -0.190. The molecule has 0 saturated carbocycles. The van der Waals surface area contributed by atoms with E-state index in [0.717, 1.165) is 24.2 Å². The lowest BCUT2D eigenvalue weighted by Crippen LogP contribution is -2.38. The fourth-order valence-corrected chi connectivity index (χ4v) is 3.21. The van der Waals surface area contributed by atoms with Crippen LogP contribution in [0.2, 0.25) is 0 Å². The third-order valence-corrected chi connectivity index (χ3v) is 4.92. The van der Waals surface area contributed by atoms with Crippen molar-refractivity contribution in [3.8, 4) is 18.1 Å². The normalized spacial score (nSPS) is 21.5. The number of terminal acetylenes is 1. The van der Waals surface area contributed by atoms with Gasteiger partial charge < -0.3 is 18.9 Å². The highest BCUT2D eigenvalue weighted by Crippen LogP contribution is 2.34. The van der Waals surface area contributed by atoms with Gasteiger partial charge >= 0.3 is 0 Å². The molecule has 25 heavy (non-hydrogen) atoms. The van der Waals surface area contributed by atoms with E-state index < -0.39 is 5.79 Å². The maximum atomic E-state index is 6.27. The number of methoxy groups -OCH3 is 1. The second kappa shape index (κ2) is 9.24. The molecule has 1 aliphatic heterocycles. The zero-order chi connectivity index (χ0) is 18.3. The molecular weight excluding hydrogens is 316 g/mol. The Balaban J connectivity index is 2.04. The molecule has 0 unspecified atom stereocenters. The second-order valence-electron chi connectivity index (χ2n) is 6.59. The molecule has 4 heteroatoms. The van der Waals surface area contributed by atoms with E-state index in [0.29, 0.717) is 19.6 Å². The average molecular weight is 346 g/mol. The summed E-state index contributed by atoms with van der Waals surface area (Å²) in [5, 5.41) is 0. The van der Waals surface area contributed by atoms with Gasteiger partial charge in [-0.05, 0) is 36.5 Å². The molecule has 1 saturated heterocycles. The van der Waals surface area contributed by atoms with Crippen molar-refractivity contribution in [1.29, 1.82) is 0 Å². The van der Waals surface area contributed by atoms with Crippen molar-refractivity contribution in [2.24, 2.45) is 5.92 Å². The Hall–Kier alpha value is -1.54. The van der Waals surface area contributed by atoms with E-state index in [9.17, 15) is 0 Å². The van der Waals surface area contributed by atoms with Crippen molar-refractivity contribution < 1.29 is 18.9 Å². The molecule has 1 aromatic rings. The number of hydrogen-bond donors (Lipinski definition) is 0. The molecular formula is C21H30O4. The van der Waals surface area contributed by atoms with Crippen LogP contribution in [0, 0.1) is 18.3 Å². The van der Waals surface area contributed by atoms with Gasteiger partial charge in [-0.25, -0.2) is 0 Å². The summed E-state index contributed by atoms with van der Waals surface area (Å²) in [6.45, 7) is 7.34. The van der Waals surface area contributed by atoms with Gasteiger partial charge in [0.05, 0.1) is 26.4 Å². The quantitative estimate of drug-likeness (QED) is 0.629. The minimum absolute atomic E-state index is 0.0958. The van der Waals surface area contributed by atoms with Gasteiger partial charge in [-0.2, -0.15) is 0 Å². The zero-order valence-electron chi connectivity index (χ0n) is 15.8. The van der Waals surface area contributed by atoms with Crippen LogP contribution in [0.5, 0.6) is 5.75 Å². The summed E-state index contributed by atoms with van der Waals surface area (Å²) in [6.07, 6.45) is 7.63. The van der Waals surface area contributed by atoms with Crippen LogP contribution in [0.4, 0.5) is 0 Å². The Morgan fingerprint density at radius 3 is 2.48 bits per heavy atom. The van der Waals surface area contributed by atoms with Crippen molar-refractivity contribution in [1.82, 2.24) is 0 Å². The van der Waals surface area contributed by atoms with Crippen LogP contribution >= 0.6 is 0 Å². The van der Waals surface area contributed by atoms with Gasteiger partial charge in [0, 0.05) is 6.42 Å². The van der Waals surface area contributed by atoms with Crippen molar-refractivity contribution in [3.05, 3.63) is 29.8 Å². The minimum atomic E-state index is -0.484. The van der Waals surface area contributed by atoms with Crippen molar-refractivity contribution >= 4 is 0 Å². The van der Waals surface area contributed by atoms with Crippen LogP contribution in [0.1, 0.15) is 45.6 Å². The molecule has 1 aromatic carbocycles. The van der Waals surface area contributed by atoms with E-state index >= 15 is 0 Å². The third kappa shape index (κ3) is 4.98. The molecule has 0 spiro atoms. The van der Waals surface area contributed by atoms with Crippen LogP contribution in [-0.2, 0) is 20.8 Å². The molecule has 2 rings (SSSR count). The first-order valence-electron chi connectivity index (χ1n) is 9.07. The lowest BCUT2D eigenvalue weighted by atomic mass is 9.96. The van der Waals surface area contributed by atoms with Crippen LogP contribution in [0.3, 0.4) is 0 Å². The topological polar surface area (TPSA) is 36.9 Å². The minimum Gasteiger partial charge on any atom is -0.497 e. The van der Waals surface area contributed by atoms with Gasteiger partial charge in [-0.3, -0.25) is 0 Å². The summed E-state index contributed by atoms with van der Waals surface area (Å²) in [5.41, 5.74) is 1.09. The van der Waals surface area contributed by atoms with E-state index in [-0.39, 0.29) is 18.1 Å². The summed E-state index contributed by atoms with van der Waals surface area (Å²) in [4.78, 5) is 0. The maximum absolute atomic E-state index is 6.27. The average Bonchev–Trinajstić information content (AvgIpc) is 3.07. The van der Waals surface area contributed by atoms with Gasteiger partial charge in [-0.1, -0.05) is 32.9 Å². The highest BCUT2D eigenvalue weighted by Gasteiger charge is 2.43. The monoisotopic (exact) mass is 346 g/mol. The molecule has 0 N–H and O–H groups in total. The first-order chi connectivity index (χ1) is 12.1. The molecule has 0 amide bonds. The predicted molar refractivity (Wildman–Crippen MR) is 98.3 cm³/mol. The highest BCUT2D eigenvalue weighted by atomic mass is 16.8. The molecule has 3 atom stereocenters. The summed E-state index contributed by atoms with van der Waals surface area (Å²) in [7, 11) is 1.66. The first kappa shape index (κ1) is 19.8. The highest BCUT2D eigenvalue weighted by molar-refractivity contribution is 5.26. The van der Waals surface area contributed by atoms with Gasteiger partial charge in [0.25, 0.3) is 0 Å². The maximum Gasteiger partial charge on any atom is 0.168 e. The van der Waals surface area contributed by atoms with Gasteiger partial charge in [-0.15, -0.1) is 12.3 Å². The Kier molecular flexibility index (Phi) is 7.31. The van der Waals surface area contributed by atoms with Crippen LogP contribution in [0.25, 0.3) is 0 Å². The van der Waals surface area contributed by atoms with E-state index in [1.54, 1.807) is 7.11 Å². The van der Waals surface area contributed by atoms with E-state index in [1.807, 2.05) is 24.3 Å².